The van der Waals surface area contributed by atoms with Crippen LogP contribution in [0.5, 0.6) is 0 Å². The average molecular weight is 1650 g/mol. The summed E-state index contributed by atoms with van der Waals surface area (Å²) in [5, 5.41) is 2.79. The smallest absolute Gasteiger partial charge is 0.234 e. The molecule has 12 rings (SSSR count). The molecule has 115 heavy (non-hydrogen) atoms. The Morgan fingerprint density at radius 3 is 0.878 bits per heavy atom. The van der Waals surface area contributed by atoms with E-state index >= 15 is 0 Å². The number of nitrogens with zero attached hydrogens (tertiary/aromatic N) is 13. The number of nitrogens with one attached hydrogen (secondary N) is 1. The number of likely N-dealkylation sites (N-methyl/N-ethyl adjacent to an activating group) is 1. The first-order chi connectivity index (χ1) is 53.6. The Morgan fingerprint density at radius 1 is 0.313 bits per heavy atom. The first-order valence-electron chi connectivity index (χ1n) is 47.8. The van der Waals surface area contributed by atoms with Gasteiger partial charge in [0.2, 0.25) is 5.91 Å². The summed E-state index contributed by atoms with van der Waals surface area (Å²) in [4.78, 5) is 42.8. The molecule has 0 radical (unpaired) electrons. The standard InChI is InChI=1S/C10H21N.C9H19NO.2C9H19N.C8H18N2.2C8H17N.C7H14N2O.C7H15NO2S.C7H15NO.C7H15N.C6H13N/c1-9(2)11-7-5-10(3,4)6-8-11;1-7(2)10-5-8(3)11-9(4)6-10;1-8(2)10-6-5-9(3,4)7-10;1-9(2)10-7-5-3-4-6-8-10;1-8(2)10-6-4-9(3)5-7-10;1-7(2)9-5-8(3,4)6-9;1-8(2)9-6-4-3-5-7-9;1-6(2)9-4-3-8-7(10)5-9;1-7(2)8-3-5-11(9,10)6-4-8;1-7(2)8-3-5-9-6-4-8;1-7(2)8-5-3-4-6-8;1-6(2)7-4-3-5-7/h9H,5-8H2,1-4H3;7-9H,5-6H2,1-4H3;8H,5-7H2,1-4H3;9H,3-8H2,1-2H3;8H,4-7H2,1-3H3;7H,5-6H2,1-4H3;8H,3-7H2,1-2H3;6H,3-5H2,1-2H3,(H,8,10);7H,3-6H2,1-2H3;7H,3-6H2,1-2H3;7H,3-6H2,1-2H3;6H,3-5H2,1-2H3. The largest absolute Gasteiger partial charge is 0.379 e. The van der Waals surface area contributed by atoms with Gasteiger partial charge >= 0.3 is 0 Å². The van der Waals surface area contributed by atoms with Gasteiger partial charge in [-0.15, -0.1) is 0 Å². The normalized spacial score (nSPS) is 25.1. The fourth-order valence-electron chi connectivity index (χ4n) is 16.2. The lowest BCUT2D eigenvalue weighted by atomic mass is 9.82. The minimum atomic E-state index is -2.69. The molecule has 12 saturated heterocycles. The summed E-state index contributed by atoms with van der Waals surface area (Å²) in [7, 11) is -0.499. The first kappa shape index (κ1) is 112. The fraction of sp³-hybridized carbons (Fsp3) is 0.989. The Labute approximate surface area is 717 Å². The van der Waals surface area contributed by atoms with E-state index in [1.165, 1.54) is 201 Å². The zero-order valence-corrected chi connectivity index (χ0v) is 83.8. The lowest BCUT2D eigenvalue weighted by Crippen LogP contribution is -2.55. The van der Waals surface area contributed by atoms with Crippen LogP contribution in [0.15, 0.2) is 0 Å². The molecule has 2 unspecified atom stereocenters. The van der Waals surface area contributed by atoms with Crippen molar-refractivity contribution in [3.05, 3.63) is 0 Å². The van der Waals surface area contributed by atoms with Gasteiger partial charge < -0.3 is 49.1 Å². The molecule has 0 aliphatic carbocycles. The maximum Gasteiger partial charge on any atom is 0.234 e. The molecule has 12 fully saturated rings. The number of sulfone groups is 1. The van der Waals surface area contributed by atoms with Crippen molar-refractivity contribution in [2.24, 2.45) is 16.2 Å². The topological polar surface area (TPSA) is 124 Å². The number of carbonyl (C=O) groups excluding carboxylic acids is 1. The molecular formula is C95H202N14O5S. The SMILES string of the molecule is CC(C)N1CC(C)(C)C1.CC(C)N1CCC(C)(C)C1.CC(C)N1CCC(C)(C)CC1.CC(C)N1CCC1.CC(C)N1CCCC1.CC(C)N1CCCCC1.CC(C)N1CCCCCC1.CC(C)N1CCN(C)CC1.CC(C)N1CCNC(=O)C1.CC(C)N1CCOCC1.CC(C)N1CCS(=O)(=O)CC1.CC1CN(C(C)C)CC(C)O1. The second-order valence-electron chi connectivity index (χ2n) is 41.7. The van der Waals surface area contributed by atoms with Crippen LogP contribution >= 0.6 is 0 Å². The highest BCUT2D eigenvalue weighted by molar-refractivity contribution is 7.91. The molecular weight excluding hydrogens is 1450 g/mol. The monoisotopic (exact) mass is 1650 g/mol. The van der Waals surface area contributed by atoms with Crippen molar-refractivity contribution in [2.75, 3.05) is 208 Å². The summed E-state index contributed by atoms with van der Waals surface area (Å²) in [5.74, 6) is 0.830. The second-order valence-corrected chi connectivity index (χ2v) is 44.0. The van der Waals surface area contributed by atoms with Gasteiger partial charge in [-0.3, -0.25) is 34.2 Å². The van der Waals surface area contributed by atoms with Gasteiger partial charge in [0.1, 0.15) is 0 Å². The molecule has 688 valence electrons. The molecule has 12 aliphatic heterocycles. The third-order valence-electron chi connectivity index (χ3n) is 25.4. The Hall–Kier alpha value is -1.18. The first-order valence-corrected chi connectivity index (χ1v) is 49.7. The number of carbonyl (C=O) groups is 1. The molecule has 20 heteroatoms. The van der Waals surface area contributed by atoms with E-state index in [1.54, 1.807) is 0 Å². The third-order valence-corrected chi connectivity index (χ3v) is 27.0. The summed E-state index contributed by atoms with van der Waals surface area (Å²) >= 11 is 0. The zero-order chi connectivity index (χ0) is 87.4. The number of piperazine rings is 2. The molecule has 1 N–H and O–H groups in total. The molecule has 12 heterocycles. The van der Waals surface area contributed by atoms with Crippen molar-refractivity contribution >= 4 is 15.7 Å². The number of piperidine rings is 2. The quantitative estimate of drug-likeness (QED) is 0.199. The van der Waals surface area contributed by atoms with E-state index < -0.39 is 9.84 Å². The number of ether oxygens (including phenoxy) is 2. The number of amides is 1. The maximum atomic E-state index is 11.0. The minimum Gasteiger partial charge on any atom is -0.379 e. The predicted molar refractivity (Wildman–Crippen MR) is 502 cm³/mol. The van der Waals surface area contributed by atoms with E-state index in [9.17, 15) is 13.2 Å². The van der Waals surface area contributed by atoms with Crippen LogP contribution in [0.1, 0.15) is 305 Å². The predicted octanol–water partition coefficient (Wildman–Crippen LogP) is 15.9. The third kappa shape index (κ3) is 52.9. The van der Waals surface area contributed by atoms with Crippen molar-refractivity contribution < 1.29 is 22.7 Å². The molecule has 0 spiro atoms. The fourth-order valence-corrected chi connectivity index (χ4v) is 17.5. The zero-order valence-electron chi connectivity index (χ0n) is 83.0. The summed E-state index contributed by atoms with van der Waals surface area (Å²) < 4.78 is 32.8. The molecule has 0 bridgehead atoms. The van der Waals surface area contributed by atoms with Crippen molar-refractivity contribution in [3.8, 4) is 0 Å². The Balaban J connectivity index is 0.000000628. The van der Waals surface area contributed by atoms with E-state index in [2.05, 4.69) is 298 Å². The summed E-state index contributed by atoms with van der Waals surface area (Å²) in [5.41, 5.74) is 1.78. The van der Waals surface area contributed by atoms with E-state index in [0.29, 0.717) is 83.8 Å². The molecule has 0 aromatic heterocycles. The van der Waals surface area contributed by atoms with Crippen LogP contribution in [0.25, 0.3) is 0 Å². The van der Waals surface area contributed by atoms with Gasteiger partial charge in [0.05, 0.1) is 43.5 Å². The van der Waals surface area contributed by atoms with Crippen molar-refractivity contribution in [1.29, 1.82) is 0 Å². The van der Waals surface area contributed by atoms with Gasteiger partial charge in [0.15, 0.2) is 9.84 Å². The minimum absolute atomic E-state index is 0.153. The van der Waals surface area contributed by atoms with Crippen LogP contribution in [0, 0.1) is 16.2 Å². The number of rotatable bonds is 12. The van der Waals surface area contributed by atoms with E-state index in [4.69, 9.17) is 9.47 Å². The van der Waals surface area contributed by atoms with E-state index in [0.717, 1.165) is 101 Å². The Kier molecular flexibility index (Phi) is 58.0. The highest BCUT2D eigenvalue weighted by atomic mass is 32.2. The van der Waals surface area contributed by atoms with E-state index in [1.807, 2.05) is 0 Å². The van der Waals surface area contributed by atoms with Gasteiger partial charge in [0, 0.05) is 171 Å². The van der Waals surface area contributed by atoms with Gasteiger partial charge in [-0.2, -0.15) is 0 Å². The summed E-state index contributed by atoms with van der Waals surface area (Å²) in [6, 6.07) is 8.36. The molecule has 0 saturated carbocycles. The highest BCUT2D eigenvalue weighted by Gasteiger charge is 2.35. The van der Waals surface area contributed by atoms with Gasteiger partial charge in [0.25, 0.3) is 0 Å². The Bertz CT molecular complexity index is 2390. The molecule has 0 aromatic rings. The van der Waals surface area contributed by atoms with E-state index in [-0.39, 0.29) is 5.91 Å². The second kappa shape index (κ2) is 59.6. The van der Waals surface area contributed by atoms with Gasteiger partial charge in [-0.25, -0.2) is 8.42 Å². The number of hydrogen-bond donors (Lipinski definition) is 1. The molecule has 12 aliphatic rings. The highest BCUT2D eigenvalue weighted by Crippen LogP contribution is 2.32. The van der Waals surface area contributed by atoms with Gasteiger partial charge in [-0.05, 0) is 340 Å². The summed E-state index contributed by atoms with van der Waals surface area (Å²) in [6.07, 6.45) is 19.2. The van der Waals surface area contributed by atoms with Crippen LogP contribution < -0.4 is 5.32 Å². The molecule has 1 amide bonds. The van der Waals surface area contributed by atoms with Crippen LogP contribution in [-0.2, 0) is 24.1 Å². The van der Waals surface area contributed by atoms with Crippen LogP contribution in [0.4, 0.5) is 0 Å². The number of morpholine rings is 2. The molecule has 19 nitrogen and oxygen atoms in total. The summed E-state index contributed by atoms with van der Waals surface area (Å²) in [6.45, 7) is 105. The van der Waals surface area contributed by atoms with Crippen molar-refractivity contribution in [3.63, 3.8) is 0 Å². The van der Waals surface area contributed by atoms with Crippen LogP contribution in [-0.4, -0.2) is 371 Å². The van der Waals surface area contributed by atoms with Crippen LogP contribution in [0.2, 0.25) is 0 Å². The number of likely N-dealkylation sites (tertiary alicyclic amines) is 7. The van der Waals surface area contributed by atoms with Crippen molar-refractivity contribution in [1.82, 2.24) is 69.0 Å². The molecule has 2 atom stereocenters. The molecule has 0 aromatic carbocycles. The number of hydrogen-bond acceptors (Lipinski definition) is 18. The average Bonchev–Trinajstić information content (AvgIpc) is 0.907. The van der Waals surface area contributed by atoms with Gasteiger partial charge in [-0.1, -0.05) is 60.8 Å². The lowest BCUT2D eigenvalue weighted by molar-refractivity contribution is -0.124. The Morgan fingerprint density at radius 2 is 0.600 bits per heavy atom. The maximum absolute atomic E-state index is 11.0. The van der Waals surface area contributed by atoms with Crippen molar-refractivity contribution in [2.45, 2.75) is 390 Å². The van der Waals surface area contributed by atoms with Crippen LogP contribution in [0.3, 0.4) is 0 Å². The lowest BCUT2D eigenvalue weighted by Gasteiger charge is -2.48.